The predicted octanol–water partition coefficient (Wildman–Crippen LogP) is 0.365. The van der Waals surface area contributed by atoms with E-state index in [0.717, 1.165) is 39.0 Å². The first-order chi connectivity index (χ1) is 11.7. The van der Waals surface area contributed by atoms with Crippen LogP contribution in [0.15, 0.2) is 0 Å². The summed E-state index contributed by atoms with van der Waals surface area (Å²) in [7, 11) is 0. The molecule has 7 nitrogen and oxygen atoms in total. The van der Waals surface area contributed by atoms with Crippen molar-refractivity contribution in [2.24, 2.45) is 0 Å². The molecule has 2 aliphatic rings. The molecule has 2 atom stereocenters. The Bertz CT molecular complexity index is 483. The number of hydrogen-bond acceptors (Lipinski definition) is 5. The summed E-state index contributed by atoms with van der Waals surface area (Å²) in [4.78, 5) is 27.8. The number of likely N-dealkylation sites (N-methyl/N-ethyl adjacent to an activating group) is 1. The Balaban J connectivity index is 1.92. The zero-order valence-corrected chi connectivity index (χ0v) is 16.0. The molecule has 1 spiro atoms. The molecule has 0 bridgehead atoms. The van der Waals surface area contributed by atoms with Crippen LogP contribution in [0.3, 0.4) is 0 Å². The summed E-state index contributed by atoms with van der Waals surface area (Å²) in [6.45, 7) is 10.9. The summed E-state index contributed by atoms with van der Waals surface area (Å²) in [6.07, 6.45) is 2.23. The van der Waals surface area contributed by atoms with Gasteiger partial charge in [0.05, 0.1) is 24.8 Å². The third-order valence-electron chi connectivity index (χ3n) is 5.62. The molecule has 144 valence electrons. The predicted molar refractivity (Wildman–Crippen MR) is 95.1 cm³/mol. The van der Waals surface area contributed by atoms with Crippen molar-refractivity contribution in [2.45, 2.75) is 64.2 Å². The number of nitrogens with one attached hydrogen (secondary N) is 1. The SMILES string of the molecule is CCN(CC)C(=O)CN1CCC2(CC1)C[C@H](NC(C)=O)[C@@](C)(O)CO2. The van der Waals surface area contributed by atoms with E-state index >= 15 is 0 Å². The zero-order valence-electron chi connectivity index (χ0n) is 16.0. The maximum atomic E-state index is 12.3. The number of piperidine rings is 1. The lowest BCUT2D eigenvalue weighted by Gasteiger charge is -2.50. The fourth-order valence-electron chi connectivity index (χ4n) is 3.84. The Hall–Kier alpha value is -1.18. The third kappa shape index (κ3) is 4.92. The van der Waals surface area contributed by atoms with Crippen molar-refractivity contribution in [3.8, 4) is 0 Å². The molecule has 0 radical (unpaired) electrons. The van der Waals surface area contributed by atoms with Crippen molar-refractivity contribution in [2.75, 3.05) is 39.3 Å². The highest BCUT2D eigenvalue weighted by Gasteiger charge is 2.48. The highest BCUT2D eigenvalue weighted by Crippen LogP contribution is 2.38. The third-order valence-corrected chi connectivity index (χ3v) is 5.62. The highest BCUT2D eigenvalue weighted by atomic mass is 16.5. The molecule has 0 saturated carbocycles. The standard InChI is InChI=1S/C18H33N3O4/c1-5-21(6-2)16(23)12-20-9-7-18(8-10-20)11-15(19-14(3)22)17(4,24)13-25-18/h15,24H,5-13H2,1-4H3,(H,19,22)/t15-,17-/m0/s1. The van der Waals surface area contributed by atoms with Crippen LogP contribution in [-0.4, -0.2) is 83.3 Å². The maximum Gasteiger partial charge on any atom is 0.236 e. The summed E-state index contributed by atoms with van der Waals surface area (Å²) < 4.78 is 6.05. The van der Waals surface area contributed by atoms with Gasteiger partial charge in [0.2, 0.25) is 11.8 Å². The zero-order chi connectivity index (χ0) is 18.7. The second-order valence-electron chi connectivity index (χ2n) is 7.63. The van der Waals surface area contributed by atoms with Crippen molar-refractivity contribution >= 4 is 11.8 Å². The van der Waals surface area contributed by atoms with Crippen LogP contribution >= 0.6 is 0 Å². The molecule has 0 aliphatic carbocycles. The van der Waals surface area contributed by atoms with E-state index < -0.39 is 5.60 Å². The van der Waals surface area contributed by atoms with E-state index in [0.29, 0.717) is 13.0 Å². The van der Waals surface area contributed by atoms with Crippen LogP contribution in [0.5, 0.6) is 0 Å². The molecule has 0 unspecified atom stereocenters. The van der Waals surface area contributed by atoms with E-state index in [1.165, 1.54) is 6.92 Å². The van der Waals surface area contributed by atoms with Gasteiger partial charge in [-0.15, -0.1) is 0 Å². The molecule has 2 amide bonds. The van der Waals surface area contributed by atoms with Gasteiger partial charge in [-0.3, -0.25) is 14.5 Å². The number of nitrogens with zero attached hydrogens (tertiary/aromatic N) is 2. The van der Waals surface area contributed by atoms with Gasteiger partial charge < -0.3 is 20.1 Å². The van der Waals surface area contributed by atoms with Gasteiger partial charge in [-0.2, -0.15) is 0 Å². The number of hydrogen-bond donors (Lipinski definition) is 2. The van der Waals surface area contributed by atoms with E-state index in [9.17, 15) is 14.7 Å². The first kappa shape index (κ1) is 20.1. The topological polar surface area (TPSA) is 82.1 Å². The van der Waals surface area contributed by atoms with Gasteiger partial charge in [-0.05, 0) is 40.0 Å². The van der Waals surface area contributed by atoms with E-state index in [1.54, 1.807) is 6.92 Å². The van der Waals surface area contributed by atoms with Crippen molar-refractivity contribution in [3.63, 3.8) is 0 Å². The Morgan fingerprint density at radius 2 is 1.88 bits per heavy atom. The van der Waals surface area contributed by atoms with E-state index in [1.807, 2.05) is 18.7 Å². The van der Waals surface area contributed by atoms with Crippen LogP contribution in [0, 0.1) is 0 Å². The lowest BCUT2D eigenvalue weighted by molar-refractivity contribution is -0.193. The van der Waals surface area contributed by atoms with Gasteiger partial charge in [0.25, 0.3) is 0 Å². The molecule has 2 heterocycles. The summed E-state index contributed by atoms with van der Waals surface area (Å²) >= 11 is 0. The number of carbonyl (C=O) groups excluding carboxylic acids is 2. The van der Waals surface area contributed by atoms with Crippen LogP contribution < -0.4 is 5.32 Å². The van der Waals surface area contributed by atoms with E-state index in [2.05, 4.69) is 10.2 Å². The Kier molecular flexibility index (Phi) is 6.45. The Morgan fingerprint density at radius 3 is 2.40 bits per heavy atom. The van der Waals surface area contributed by atoms with Gasteiger partial charge in [-0.25, -0.2) is 0 Å². The van der Waals surface area contributed by atoms with Gasteiger partial charge in [-0.1, -0.05) is 0 Å². The molecule has 2 N–H and O–H groups in total. The molecule has 2 aliphatic heterocycles. The molecule has 0 aromatic heterocycles. The van der Waals surface area contributed by atoms with Gasteiger partial charge in [0, 0.05) is 33.1 Å². The fraction of sp³-hybridized carbons (Fsp3) is 0.889. The molecular formula is C18H33N3O4. The Morgan fingerprint density at radius 1 is 1.28 bits per heavy atom. The van der Waals surface area contributed by atoms with E-state index in [4.69, 9.17) is 4.74 Å². The number of aliphatic hydroxyl groups is 1. The second kappa shape index (κ2) is 8.01. The van der Waals surface area contributed by atoms with Crippen LogP contribution in [0.2, 0.25) is 0 Å². The first-order valence-corrected chi connectivity index (χ1v) is 9.35. The summed E-state index contributed by atoms with van der Waals surface area (Å²) in [6, 6.07) is -0.303. The average Bonchev–Trinajstić information content (AvgIpc) is 2.54. The van der Waals surface area contributed by atoms with Crippen LogP contribution in [0.25, 0.3) is 0 Å². The van der Waals surface area contributed by atoms with E-state index in [-0.39, 0.29) is 30.1 Å². The molecule has 0 aromatic carbocycles. The van der Waals surface area contributed by atoms with Crippen LogP contribution in [0.1, 0.15) is 47.0 Å². The molecule has 2 rings (SSSR count). The van der Waals surface area contributed by atoms with Gasteiger partial charge >= 0.3 is 0 Å². The van der Waals surface area contributed by atoms with Crippen molar-refractivity contribution in [1.82, 2.24) is 15.1 Å². The molecule has 2 saturated heterocycles. The minimum atomic E-state index is -1.05. The average molecular weight is 355 g/mol. The molecule has 7 heteroatoms. The lowest BCUT2D eigenvalue weighted by Crippen LogP contribution is -2.63. The summed E-state index contributed by atoms with van der Waals surface area (Å²) in [5.74, 6) is 0.0362. The minimum absolute atomic E-state index is 0.135. The highest BCUT2D eigenvalue weighted by molar-refractivity contribution is 5.78. The maximum absolute atomic E-state index is 12.3. The number of carbonyl (C=O) groups is 2. The second-order valence-corrected chi connectivity index (χ2v) is 7.63. The fourth-order valence-corrected chi connectivity index (χ4v) is 3.84. The summed E-state index contributed by atoms with van der Waals surface area (Å²) in [5.41, 5.74) is -1.36. The number of amides is 2. The normalized spacial score (nSPS) is 29.4. The smallest absolute Gasteiger partial charge is 0.236 e. The van der Waals surface area contributed by atoms with Crippen LogP contribution in [-0.2, 0) is 14.3 Å². The number of ether oxygens (including phenoxy) is 1. The van der Waals surface area contributed by atoms with Crippen molar-refractivity contribution < 1.29 is 19.4 Å². The minimum Gasteiger partial charge on any atom is -0.386 e. The molecule has 2 fully saturated rings. The number of rotatable bonds is 5. The van der Waals surface area contributed by atoms with Crippen molar-refractivity contribution in [3.05, 3.63) is 0 Å². The summed E-state index contributed by atoms with van der Waals surface area (Å²) in [5, 5.41) is 13.4. The lowest BCUT2D eigenvalue weighted by atomic mass is 9.77. The quantitative estimate of drug-likeness (QED) is 0.744. The Labute approximate surface area is 150 Å². The molecule has 25 heavy (non-hydrogen) atoms. The van der Waals surface area contributed by atoms with Crippen LogP contribution in [0.4, 0.5) is 0 Å². The molecule has 0 aromatic rings. The van der Waals surface area contributed by atoms with Gasteiger partial charge in [0.1, 0.15) is 5.60 Å². The molecular weight excluding hydrogens is 322 g/mol. The largest absolute Gasteiger partial charge is 0.386 e. The van der Waals surface area contributed by atoms with Crippen molar-refractivity contribution in [1.29, 1.82) is 0 Å². The monoisotopic (exact) mass is 355 g/mol. The van der Waals surface area contributed by atoms with Gasteiger partial charge in [0.15, 0.2) is 0 Å². The first-order valence-electron chi connectivity index (χ1n) is 9.35. The number of likely N-dealkylation sites (tertiary alicyclic amines) is 1.